The molecule has 0 spiro atoms. The third-order valence-electron chi connectivity index (χ3n) is 3.20. The maximum Gasteiger partial charge on any atom is 0.417 e. The van der Waals surface area contributed by atoms with Crippen LogP contribution in [0.25, 0.3) is 0 Å². The molecule has 0 aromatic heterocycles. The monoisotopic (exact) mass is 291 g/mol. The van der Waals surface area contributed by atoms with E-state index < -0.39 is 17.3 Å². The van der Waals surface area contributed by atoms with Gasteiger partial charge in [0.25, 0.3) is 0 Å². The Morgan fingerprint density at radius 1 is 1.10 bits per heavy atom. The average Bonchev–Trinajstić information content (AvgIpc) is 2.43. The summed E-state index contributed by atoms with van der Waals surface area (Å²) in [6.07, 6.45) is -4.59. The number of nitrogens with zero attached hydrogens (tertiary/aromatic N) is 1. The summed E-state index contributed by atoms with van der Waals surface area (Å²) < 4.78 is 44.2. The molecular formula is C16H12F3NO. The zero-order valence-electron chi connectivity index (χ0n) is 11.5. The average molecular weight is 291 g/mol. The third kappa shape index (κ3) is 3.16. The van der Waals surface area contributed by atoms with Gasteiger partial charge in [-0.25, -0.2) is 0 Å². The third-order valence-corrected chi connectivity index (χ3v) is 3.20. The van der Waals surface area contributed by atoms with Crippen LogP contribution in [0.5, 0.6) is 11.5 Å². The lowest BCUT2D eigenvalue weighted by Gasteiger charge is -2.13. The molecular weight excluding hydrogens is 279 g/mol. The molecule has 0 saturated heterocycles. The highest BCUT2D eigenvalue weighted by Gasteiger charge is 2.34. The fourth-order valence-corrected chi connectivity index (χ4v) is 1.88. The molecule has 108 valence electrons. The fraction of sp³-hybridized carbons (Fsp3) is 0.188. The Morgan fingerprint density at radius 3 is 2.43 bits per heavy atom. The van der Waals surface area contributed by atoms with Gasteiger partial charge in [-0.15, -0.1) is 0 Å². The molecule has 0 aliphatic rings. The maximum absolute atomic E-state index is 12.9. The van der Waals surface area contributed by atoms with Gasteiger partial charge in [-0.1, -0.05) is 12.1 Å². The van der Waals surface area contributed by atoms with Gasteiger partial charge in [0.1, 0.15) is 11.5 Å². The number of hydrogen-bond acceptors (Lipinski definition) is 2. The number of ether oxygens (including phenoxy) is 1. The Morgan fingerprint density at radius 2 is 1.81 bits per heavy atom. The molecule has 2 aromatic rings. The standard InChI is InChI=1S/C16H12F3NO/c1-10-4-3-5-15(11(10)2)21-13-7-6-12(9-20)14(8-13)16(17,18)19/h3-8H,1-2H3. The molecule has 0 heterocycles. The number of aryl methyl sites for hydroxylation is 1. The number of benzene rings is 2. The highest BCUT2D eigenvalue weighted by molar-refractivity contribution is 5.47. The molecule has 0 saturated carbocycles. The maximum atomic E-state index is 12.9. The Hall–Kier alpha value is -2.48. The van der Waals surface area contributed by atoms with E-state index in [4.69, 9.17) is 10.00 Å². The molecule has 0 aliphatic carbocycles. The molecule has 0 fully saturated rings. The zero-order valence-corrected chi connectivity index (χ0v) is 11.5. The SMILES string of the molecule is Cc1cccc(Oc2ccc(C#N)c(C(F)(F)F)c2)c1C. The van der Waals surface area contributed by atoms with E-state index in [9.17, 15) is 13.2 Å². The Bertz CT molecular complexity index is 714. The van der Waals surface area contributed by atoms with Crippen LogP contribution in [-0.4, -0.2) is 0 Å². The van der Waals surface area contributed by atoms with Crippen molar-refractivity contribution in [1.82, 2.24) is 0 Å². The lowest BCUT2D eigenvalue weighted by molar-refractivity contribution is -0.137. The summed E-state index contributed by atoms with van der Waals surface area (Å²) in [6.45, 7) is 3.72. The molecule has 0 N–H and O–H groups in total. The van der Waals surface area contributed by atoms with Gasteiger partial charge in [-0.05, 0) is 49.2 Å². The van der Waals surface area contributed by atoms with Crippen molar-refractivity contribution in [2.45, 2.75) is 20.0 Å². The van der Waals surface area contributed by atoms with Crippen LogP contribution in [0.3, 0.4) is 0 Å². The largest absolute Gasteiger partial charge is 0.457 e. The zero-order chi connectivity index (χ0) is 15.6. The lowest BCUT2D eigenvalue weighted by Crippen LogP contribution is -2.08. The minimum atomic E-state index is -4.59. The van der Waals surface area contributed by atoms with Crippen LogP contribution in [0, 0.1) is 25.2 Å². The van der Waals surface area contributed by atoms with Crippen molar-refractivity contribution >= 4 is 0 Å². The van der Waals surface area contributed by atoms with Gasteiger partial charge in [0.15, 0.2) is 0 Å². The molecule has 0 atom stereocenters. The van der Waals surface area contributed by atoms with Gasteiger partial charge in [0, 0.05) is 0 Å². The van der Waals surface area contributed by atoms with Crippen molar-refractivity contribution in [2.24, 2.45) is 0 Å². The van der Waals surface area contributed by atoms with Crippen molar-refractivity contribution in [3.05, 3.63) is 58.7 Å². The van der Waals surface area contributed by atoms with Crippen LogP contribution in [0.1, 0.15) is 22.3 Å². The summed E-state index contributed by atoms with van der Waals surface area (Å²) in [5, 5.41) is 8.75. The number of halogens is 3. The van der Waals surface area contributed by atoms with Crippen LogP contribution in [0.2, 0.25) is 0 Å². The highest BCUT2D eigenvalue weighted by atomic mass is 19.4. The van der Waals surface area contributed by atoms with Crippen LogP contribution >= 0.6 is 0 Å². The van der Waals surface area contributed by atoms with Gasteiger partial charge < -0.3 is 4.74 Å². The summed E-state index contributed by atoms with van der Waals surface area (Å²) in [5.41, 5.74) is 0.427. The normalized spacial score (nSPS) is 11.0. The van der Waals surface area contributed by atoms with Gasteiger partial charge in [-0.3, -0.25) is 0 Å². The van der Waals surface area contributed by atoms with E-state index in [0.29, 0.717) is 5.75 Å². The topological polar surface area (TPSA) is 33.0 Å². The van der Waals surface area contributed by atoms with E-state index in [1.807, 2.05) is 19.9 Å². The molecule has 2 aromatic carbocycles. The highest BCUT2D eigenvalue weighted by Crippen LogP contribution is 2.36. The van der Waals surface area contributed by atoms with Gasteiger partial charge in [-0.2, -0.15) is 18.4 Å². The van der Waals surface area contributed by atoms with E-state index in [0.717, 1.165) is 23.3 Å². The van der Waals surface area contributed by atoms with Crippen molar-refractivity contribution < 1.29 is 17.9 Å². The number of alkyl halides is 3. The Labute approximate surface area is 120 Å². The van der Waals surface area contributed by atoms with E-state index in [1.54, 1.807) is 12.1 Å². The van der Waals surface area contributed by atoms with E-state index in [2.05, 4.69) is 0 Å². The molecule has 2 nitrogen and oxygen atoms in total. The second-order valence-corrected chi connectivity index (χ2v) is 4.62. The van der Waals surface area contributed by atoms with E-state index in [-0.39, 0.29) is 5.75 Å². The molecule has 5 heteroatoms. The number of rotatable bonds is 2. The van der Waals surface area contributed by atoms with Crippen LogP contribution in [0.15, 0.2) is 36.4 Å². The summed E-state index contributed by atoms with van der Waals surface area (Å²) in [5.74, 6) is 0.544. The first-order valence-electron chi connectivity index (χ1n) is 6.18. The summed E-state index contributed by atoms with van der Waals surface area (Å²) in [7, 11) is 0. The molecule has 0 amide bonds. The van der Waals surface area contributed by atoms with Crippen molar-refractivity contribution in [3.8, 4) is 17.6 Å². The van der Waals surface area contributed by atoms with Crippen molar-refractivity contribution in [3.63, 3.8) is 0 Å². The molecule has 2 rings (SSSR count). The molecule has 0 aliphatic heterocycles. The quantitative estimate of drug-likeness (QED) is 0.781. The number of hydrogen-bond donors (Lipinski definition) is 0. The predicted octanol–water partition coefficient (Wildman–Crippen LogP) is 4.99. The minimum Gasteiger partial charge on any atom is -0.457 e. The Balaban J connectivity index is 2.43. The Kier molecular flexibility index (Phi) is 3.90. The summed E-state index contributed by atoms with van der Waals surface area (Å²) >= 11 is 0. The van der Waals surface area contributed by atoms with Crippen LogP contribution in [0.4, 0.5) is 13.2 Å². The van der Waals surface area contributed by atoms with Gasteiger partial charge in [0.2, 0.25) is 0 Å². The molecule has 0 unspecified atom stereocenters. The van der Waals surface area contributed by atoms with E-state index >= 15 is 0 Å². The molecule has 0 bridgehead atoms. The van der Waals surface area contributed by atoms with Gasteiger partial charge >= 0.3 is 6.18 Å². The fourth-order valence-electron chi connectivity index (χ4n) is 1.88. The number of nitriles is 1. The first-order valence-corrected chi connectivity index (χ1v) is 6.18. The first-order chi connectivity index (χ1) is 9.82. The van der Waals surface area contributed by atoms with Gasteiger partial charge in [0.05, 0.1) is 17.2 Å². The van der Waals surface area contributed by atoms with Crippen LogP contribution < -0.4 is 4.74 Å². The van der Waals surface area contributed by atoms with Crippen molar-refractivity contribution in [2.75, 3.05) is 0 Å². The molecule has 21 heavy (non-hydrogen) atoms. The minimum absolute atomic E-state index is 0.0509. The second-order valence-electron chi connectivity index (χ2n) is 4.62. The predicted molar refractivity (Wildman–Crippen MR) is 72.1 cm³/mol. The van der Waals surface area contributed by atoms with Crippen molar-refractivity contribution in [1.29, 1.82) is 5.26 Å². The van der Waals surface area contributed by atoms with Crippen LogP contribution in [-0.2, 0) is 6.18 Å². The lowest BCUT2D eigenvalue weighted by atomic mass is 10.1. The summed E-state index contributed by atoms with van der Waals surface area (Å²) in [4.78, 5) is 0. The first kappa shape index (κ1) is 14.9. The smallest absolute Gasteiger partial charge is 0.417 e. The summed E-state index contributed by atoms with van der Waals surface area (Å²) in [6, 6.07) is 10.2. The molecule has 0 radical (unpaired) electrons. The second kappa shape index (κ2) is 5.49. The van der Waals surface area contributed by atoms with E-state index in [1.165, 1.54) is 12.1 Å².